The Morgan fingerprint density at radius 1 is 1.54 bits per heavy atom. The van der Waals surface area contributed by atoms with Crippen molar-refractivity contribution < 1.29 is 18.8 Å². The molecule has 2 rings (SSSR count). The molecule has 6 nitrogen and oxygen atoms in total. The molecule has 0 N–H and O–H groups in total. The zero-order valence-electron chi connectivity index (χ0n) is 15.1. The van der Waals surface area contributed by atoms with Crippen LogP contribution >= 0.6 is 11.3 Å². The number of ether oxygens (including phenoxy) is 2. The monoisotopic (exact) mass is 374 g/mol. The Morgan fingerprint density at radius 2 is 2.21 bits per heavy atom. The van der Waals surface area contributed by atoms with Crippen molar-refractivity contribution in [2.75, 3.05) is 13.8 Å². The molecule has 0 radical (unpaired) electrons. The number of hydrogen-bond donors (Lipinski definition) is 0. The van der Waals surface area contributed by atoms with Gasteiger partial charge < -0.3 is 14.0 Å². The lowest BCUT2D eigenvalue weighted by atomic mass is 9.97. The van der Waals surface area contributed by atoms with Crippen molar-refractivity contribution in [3.05, 3.63) is 16.1 Å². The molecule has 0 aromatic carbocycles. The molecular formula is C16H26N2O4S2. The number of hydrogen-bond acceptors (Lipinski definition) is 7. The van der Waals surface area contributed by atoms with Gasteiger partial charge in [-0.1, -0.05) is 18.2 Å². The summed E-state index contributed by atoms with van der Waals surface area (Å²) in [6.07, 6.45) is 0.516. The smallest absolute Gasteiger partial charge is 0.357 e. The Morgan fingerprint density at radius 3 is 2.75 bits per heavy atom. The molecule has 0 saturated carbocycles. The number of nitrogens with zero attached hydrogens (tertiary/aromatic N) is 2. The molecule has 1 aliphatic heterocycles. The topological polar surface area (TPSA) is 74.7 Å². The first-order valence-corrected chi connectivity index (χ1v) is 9.97. The van der Waals surface area contributed by atoms with Crippen molar-refractivity contribution in [1.29, 1.82) is 0 Å². The standard InChI is InChI=1S/C16H26N2O4S2/c1-10(2)12-7-13(14-17-11(8-23-14)15(19)21-6)22-9-18(12)24(20)16(3,4)5/h8,10,12-13H,7,9H2,1-6H3/t12-,13-,24?/m1/s1. The summed E-state index contributed by atoms with van der Waals surface area (Å²) < 4.78 is 25.0. The summed E-state index contributed by atoms with van der Waals surface area (Å²) in [5, 5.41) is 2.46. The van der Waals surface area contributed by atoms with Crippen LogP contribution in [0.3, 0.4) is 0 Å². The molecule has 1 aliphatic rings. The van der Waals surface area contributed by atoms with Crippen molar-refractivity contribution in [3.8, 4) is 0 Å². The number of thiazole rings is 1. The summed E-state index contributed by atoms with van der Waals surface area (Å²) >= 11 is 0.265. The first kappa shape index (κ1) is 19.7. The van der Waals surface area contributed by atoms with Crippen LogP contribution in [0.15, 0.2) is 5.38 Å². The quantitative estimate of drug-likeness (QED) is 0.595. The van der Waals surface area contributed by atoms with Gasteiger partial charge in [-0.05, 0) is 26.7 Å². The maximum atomic E-state index is 12.8. The first-order chi connectivity index (χ1) is 11.1. The van der Waals surface area contributed by atoms with E-state index in [-0.39, 0.29) is 16.9 Å². The van der Waals surface area contributed by atoms with Crippen molar-refractivity contribution in [2.45, 2.75) is 57.9 Å². The Hall–Kier alpha value is -0.670. The fraction of sp³-hybridized carbons (Fsp3) is 0.750. The van der Waals surface area contributed by atoms with E-state index in [1.165, 1.54) is 18.4 Å². The summed E-state index contributed by atoms with van der Waals surface area (Å²) in [4.78, 5) is 15.9. The first-order valence-electron chi connectivity index (χ1n) is 7.99. The SMILES string of the molecule is COC(=O)c1csc([C@H]2C[C@H](C(C)C)N([S+]([O-])C(C)(C)C)CO2)n1. The minimum absolute atomic E-state index is 0.134. The van der Waals surface area contributed by atoms with Crippen LogP contribution in [-0.4, -0.2) is 44.4 Å². The van der Waals surface area contributed by atoms with Gasteiger partial charge in [-0.15, -0.1) is 11.3 Å². The van der Waals surface area contributed by atoms with Gasteiger partial charge in [0.2, 0.25) is 0 Å². The average Bonchev–Trinajstić information content (AvgIpc) is 3.01. The zero-order valence-corrected chi connectivity index (χ0v) is 16.7. The molecule has 1 saturated heterocycles. The van der Waals surface area contributed by atoms with E-state index in [2.05, 4.69) is 18.8 Å². The third-order valence-electron chi connectivity index (χ3n) is 3.93. The van der Waals surface area contributed by atoms with Gasteiger partial charge in [0.05, 0.1) is 13.2 Å². The normalized spacial score (nSPS) is 24.2. The van der Waals surface area contributed by atoms with Gasteiger partial charge in [0, 0.05) is 23.2 Å². The third kappa shape index (κ3) is 4.29. The molecule has 0 aliphatic carbocycles. The maximum Gasteiger partial charge on any atom is 0.357 e. The van der Waals surface area contributed by atoms with Gasteiger partial charge in [0.25, 0.3) is 0 Å². The highest BCUT2D eigenvalue weighted by atomic mass is 32.2. The average molecular weight is 375 g/mol. The predicted octanol–water partition coefficient (Wildman–Crippen LogP) is 3.14. The van der Waals surface area contributed by atoms with Crippen molar-refractivity contribution >= 4 is 28.7 Å². The van der Waals surface area contributed by atoms with Crippen LogP contribution in [0.5, 0.6) is 0 Å². The third-order valence-corrected chi connectivity index (χ3v) is 6.71. The second-order valence-electron chi connectivity index (χ2n) is 7.17. The molecule has 8 heteroatoms. The minimum atomic E-state index is -1.13. The van der Waals surface area contributed by atoms with Gasteiger partial charge in [-0.3, -0.25) is 0 Å². The van der Waals surface area contributed by atoms with Crippen molar-refractivity contribution in [3.63, 3.8) is 0 Å². The van der Waals surface area contributed by atoms with Gasteiger partial charge in [-0.2, -0.15) is 0 Å². The molecule has 0 spiro atoms. The Labute approximate surface area is 150 Å². The lowest BCUT2D eigenvalue weighted by Gasteiger charge is -2.43. The fourth-order valence-corrected chi connectivity index (χ4v) is 4.88. The highest BCUT2D eigenvalue weighted by Gasteiger charge is 2.43. The van der Waals surface area contributed by atoms with E-state index in [1.54, 1.807) is 5.38 Å². The van der Waals surface area contributed by atoms with Gasteiger partial charge >= 0.3 is 5.97 Å². The Balaban J connectivity index is 2.15. The molecule has 3 atom stereocenters. The fourth-order valence-electron chi connectivity index (χ4n) is 2.60. The van der Waals surface area contributed by atoms with Gasteiger partial charge in [-0.25, -0.2) is 9.78 Å². The molecule has 0 bridgehead atoms. The zero-order chi connectivity index (χ0) is 18.1. The lowest BCUT2D eigenvalue weighted by Crippen LogP contribution is -2.53. The van der Waals surface area contributed by atoms with Gasteiger partial charge in [0.15, 0.2) is 5.69 Å². The molecule has 24 heavy (non-hydrogen) atoms. The number of methoxy groups -OCH3 is 1. The van der Waals surface area contributed by atoms with E-state index >= 15 is 0 Å². The molecular weight excluding hydrogens is 348 g/mol. The van der Waals surface area contributed by atoms with Crippen LogP contribution in [0, 0.1) is 5.92 Å². The van der Waals surface area contributed by atoms with E-state index in [0.717, 1.165) is 5.01 Å². The number of rotatable bonds is 4. The predicted molar refractivity (Wildman–Crippen MR) is 95.1 cm³/mol. The summed E-state index contributed by atoms with van der Waals surface area (Å²) in [6.45, 7) is 10.5. The number of carbonyl (C=O) groups excluding carboxylic acids is 1. The molecule has 1 fully saturated rings. The molecule has 1 unspecified atom stereocenters. The Bertz CT molecular complexity index is 571. The summed E-state index contributed by atoms with van der Waals surface area (Å²) in [7, 11) is 1.34. The van der Waals surface area contributed by atoms with E-state index in [1.807, 2.05) is 25.1 Å². The van der Waals surface area contributed by atoms with E-state index in [0.29, 0.717) is 24.8 Å². The number of aromatic nitrogens is 1. The van der Waals surface area contributed by atoms with Crippen LogP contribution < -0.4 is 0 Å². The van der Waals surface area contributed by atoms with Crippen molar-refractivity contribution in [1.82, 2.24) is 9.29 Å². The summed E-state index contributed by atoms with van der Waals surface area (Å²) in [6, 6.07) is 0.134. The molecule has 136 valence electrons. The van der Waals surface area contributed by atoms with Crippen LogP contribution in [0.25, 0.3) is 0 Å². The minimum Gasteiger partial charge on any atom is -0.597 e. The van der Waals surface area contributed by atoms with E-state index in [4.69, 9.17) is 9.47 Å². The van der Waals surface area contributed by atoms with Crippen LogP contribution in [-0.2, 0) is 20.8 Å². The molecule has 0 amide bonds. The maximum absolute atomic E-state index is 12.8. The second kappa shape index (κ2) is 7.70. The second-order valence-corrected chi connectivity index (χ2v) is 10.3. The largest absolute Gasteiger partial charge is 0.597 e. The summed E-state index contributed by atoms with van der Waals surface area (Å²) in [5.74, 6) is -0.105. The van der Waals surface area contributed by atoms with E-state index < -0.39 is 17.3 Å². The summed E-state index contributed by atoms with van der Waals surface area (Å²) in [5.41, 5.74) is 0.308. The highest BCUT2D eigenvalue weighted by molar-refractivity contribution is 7.90. The Kier molecular flexibility index (Phi) is 6.30. The number of esters is 1. The molecule has 1 aromatic rings. The lowest BCUT2D eigenvalue weighted by molar-refractivity contribution is -0.0715. The van der Waals surface area contributed by atoms with E-state index in [9.17, 15) is 9.35 Å². The van der Waals surface area contributed by atoms with Gasteiger partial charge in [0.1, 0.15) is 22.6 Å². The van der Waals surface area contributed by atoms with Crippen LogP contribution in [0.2, 0.25) is 0 Å². The highest BCUT2D eigenvalue weighted by Crippen LogP contribution is 2.37. The van der Waals surface area contributed by atoms with Crippen molar-refractivity contribution in [2.24, 2.45) is 5.92 Å². The number of carbonyl (C=O) groups is 1. The molecule has 2 heterocycles. The van der Waals surface area contributed by atoms with Crippen LogP contribution in [0.1, 0.15) is 62.6 Å². The van der Waals surface area contributed by atoms with Crippen LogP contribution in [0.4, 0.5) is 0 Å². The molecule has 1 aromatic heterocycles.